The summed E-state index contributed by atoms with van der Waals surface area (Å²) < 4.78 is 11.7. The van der Waals surface area contributed by atoms with Crippen LogP contribution in [0, 0.1) is 12.8 Å². The van der Waals surface area contributed by atoms with E-state index in [9.17, 15) is 0 Å². The Kier molecular flexibility index (Phi) is 6.19. The van der Waals surface area contributed by atoms with Crippen molar-refractivity contribution in [2.45, 2.75) is 58.7 Å². The number of rotatable bonds is 7. The second-order valence-corrected chi connectivity index (χ2v) is 7.22. The second-order valence-electron chi connectivity index (χ2n) is 7.22. The van der Waals surface area contributed by atoms with E-state index in [1.165, 1.54) is 12.0 Å². The van der Waals surface area contributed by atoms with Gasteiger partial charge in [-0.2, -0.15) is 0 Å². The van der Waals surface area contributed by atoms with Crippen LogP contribution in [0.4, 0.5) is 0 Å². The molecule has 1 heterocycles. The Hall–Kier alpha value is -1.75. The zero-order chi connectivity index (χ0) is 17.6. The highest BCUT2D eigenvalue weighted by Crippen LogP contribution is 2.29. The van der Waals surface area contributed by atoms with Crippen LogP contribution in [0.3, 0.4) is 0 Å². The van der Waals surface area contributed by atoms with E-state index in [2.05, 4.69) is 49.6 Å². The topological polar surface area (TPSA) is 54.9 Å². The predicted molar refractivity (Wildman–Crippen MR) is 101 cm³/mol. The zero-order valence-corrected chi connectivity index (χ0v) is 15.7. The van der Waals surface area contributed by atoms with Gasteiger partial charge in [0.05, 0.1) is 12.6 Å². The van der Waals surface area contributed by atoms with Crippen molar-refractivity contribution in [3.63, 3.8) is 0 Å². The Morgan fingerprint density at radius 2 is 2.24 bits per heavy atom. The molecule has 25 heavy (non-hydrogen) atoms. The molecule has 1 saturated heterocycles. The maximum absolute atomic E-state index is 6.07. The van der Waals surface area contributed by atoms with E-state index in [0.29, 0.717) is 19.2 Å². The Morgan fingerprint density at radius 1 is 1.40 bits per heavy atom. The molecule has 0 bridgehead atoms. The molecular formula is C20H31N3O2. The summed E-state index contributed by atoms with van der Waals surface area (Å²) in [5.74, 6) is 2.56. The molecule has 3 atom stereocenters. The van der Waals surface area contributed by atoms with Gasteiger partial charge in [-0.1, -0.05) is 19.1 Å². The van der Waals surface area contributed by atoms with E-state index in [1.54, 1.807) is 0 Å². The van der Waals surface area contributed by atoms with E-state index in [1.807, 2.05) is 0 Å². The van der Waals surface area contributed by atoms with Crippen LogP contribution in [-0.2, 0) is 11.3 Å². The molecule has 1 aliphatic heterocycles. The summed E-state index contributed by atoms with van der Waals surface area (Å²) in [5.41, 5.74) is 2.32. The smallest absolute Gasteiger partial charge is 0.191 e. The molecule has 0 amide bonds. The first-order valence-electron chi connectivity index (χ1n) is 9.54. The van der Waals surface area contributed by atoms with E-state index >= 15 is 0 Å². The highest BCUT2D eigenvalue weighted by Gasteiger charge is 2.33. The van der Waals surface area contributed by atoms with Gasteiger partial charge in [0.25, 0.3) is 0 Å². The summed E-state index contributed by atoms with van der Waals surface area (Å²) in [6.07, 6.45) is 3.68. The number of ether oxygens (including phenoxy) is 2. The Balaban J connectivity index is 1.63. The Labute approximate surface area is 151 Å². The van der Waals surface area contributed by atoms with Gasteiger partial charge in [0.15, 0.2) is 5.96 Å². The monoisotopic (exact) mass is 345 g/mol. The molecule has 2 N–H and O–H groups in total. The van der Waals surface area contributed by atoms with Crippen LogP contribution in [-0.4, -0.2) is 37.9 Å². The third kappa shape index (κ3) is 5.36. The fraction of sp³-hybridized carbons (Fsp3) is 0.650. The summed E-state index contributed by atoms with van der Waals surface area (Å²) in [7, 11) is 0. The molecule has 2 aliphatic rings. The molecule has 0 radical (unpaired) electrons. The molecule has 1 aliphatic carbocycles. The number of nitrogens with one attached hydrogen (secondary N) is 2. The standard InChI is InChI=1S/C20H31N3O2/c1-4-21-20(23-18-11-15(18)3)22-12-16-8-7-14(2)10-19(16)25-13-17-6-5-9-24-17/h7-8,10,15,17-18H,4-6,9,11-13H2,1-3H3,(H2,21,22,23). The fourth-order valence-corrected chi connectivity index (χ4v) is 3.07. The quantitative estimate of drug-likeness (QED) is 0.589. The Morgan fingerprint density at radius 3 is 2.92 bits per heavy atom. The normalized spacial score (nSPS) is 25.7. The first-order chi connectivity index (χ1) is 12.2. The molecular weight excluding hydrogens is 314 g/mol. The number of guanidine groups is 1. The number of nitrogens with zero attached hydrogens (tertiary/aromatic N) is 1. The predicted octanol–water partition coefficient (Wildman–Crippen LogP) is 3.02. The number of hydrogen-bond donors (Lipinski definition) is 2. The van der Waals surface area contributed by atoms with Crippen molar-refractivity contribution in [1.82, 2.24) is 10.6 Å². The van der Waals surface area contributed by atoms with Crippen LogP contribution in [0.2, 0.25) is 0 Å². The lowest BCUT2D eigenvalue weighted by atomic mass is 10.1. The number of hydrogen-bond acceptors (Lipinski definition) is 3. The highest BCUT2D eigenvalue weighted by molar-refractivity contribution is 5.80. The molecule has 5 heteroatoms. The van der Waals surface area contributed by atoms with Gasteiger partial charge in [0, 0.05) is 24.8 Å². The van der Waals surface area contributed by atoms with Crippen molar-refractivity contribution in [3.05, 3.63) is 29.3 Å². The molecule has 1 aromatic rings. The average Bonchev–Trinajstić information content (AvgIpc) is 3.07. The number of aliphatic imine (C=N–C) groups is 1. The van der Waals surface area contributed by atoms with Gasteiger partial charge >= 0.3 is 0 Å². The maximum Gasteiger partial charge on any atom is 0.191 e. The lowest BCUT2D eigenvalue weighted by Gasteiger charge is -2.15. The molecule has 3 unspecified atom stereocenters. The minimum Gasteiger partial charge on any atom is -0.491 e. The zero-order valence-electron chi connectivity index (χ0n) is 15.7. The van der Waals surface area contributed by atoms with E-state index in [4.69, 9.17) is 14.5 Å². The van der Waals surface area contributed by atoms with Crippen LogP contribution >= 0.6 is 0 Å². The summed E-state index contributed by atoms with van der Waals surface area (Å²) in [5, 5.41) is 6.83. The third-order valence-electron chi connectivity index (χ3n) is 4.85. The van der Waals surface area contributed by atoms with Crippen LogP contribution < -0.4 is 15.4 Å². The Bertz CT molecular complexity index is 597. The number of aryl methyl sites for hydroxylation is 1. The van der Waals surface area contributed by atoms with E-state index < -0.39 is 0 Å². The van der Waals surface area contributed by atoms with Crippen molar-refractivity contribution < 1.29 is 9.47 Å². The summed E-state index contributed by atoms with van der Waals surface area (Å²) in [6.45, 7) is 9.40. The highest BCUT2D eigenvalue weighted by atomic mass is 16.5. The van der Waals surface area contributed by atoms with E-state index in [0.717, 1.165) is 49.2 Å². The summed E-state index contributed by atoms with van der Waals surface area (Å²) in [6, 6.07) is 6.90. The molecule has 0 spiro atoms. The first-order valence-corrected chi connectivity index (χ1v) is 9.54. The van der Waals surface area contributed by atoms with Crippen LogP contribution in [0.25, 0.3) is 0 Å². The summed E-state index contributed by atoms with van der Waals surface area (Å²) in [4.78, 5) is 4.75. The second kappa shape index (κ2) is 8.56. The minimum atomic E-state index is 0.229. The maximum atomic E-state index is 6.07. The fourth-order valence-electron chi connectivity index (χ4n) is 3.07. The van der Waals surface area contributed by atoms with Gasteiger partial charge in [-0.25, -0.2) is 4.99 Å². The molecule has 2 fully saturated rings. The average molecular weight is 345 g/mol. The van der Waals surface area contributed by atoms with Gasteiger partial charge in [-0.3, -0.25) is 0 Å². The lowest BCUT2D eigenvalue weighted by Crippen LogP contribution is -2.39. The van der Waals surface area contributed by atoms with Gasteiger partial charge < -0.3 is 20.1 Å². The van der Waals surface area contributed by atoms with Crippen molar-refractivity contribution in [3.8, 4) is 5.75 Å². The van der Waals surface area contributed by atoms with Crippen LogP contribution in [0.5, 0.6) is 5.75 Å². The minimum absolute atomic E-state index is 0.229. The van der Waals surface area contributed by atoms with Gasteiger partial charge in [-0.15, -0.1) is 0 Å². The largest absolute Gasteiger partial charge is 0.491 e. The van der Waals surface area contributed by atoms with E-state index in [-0.39, 0.29) is 6.10 Å². The van der Waals surface area contributed by atoms with Crippen LogP contribution in [0.15, 0.2) is 23.2 Å². The molecule has 1 saturated carbocycles. The van der Waals surface area contributed by atoms with Gasteiger partial charge in [-0.05, 0) is 50.7 Å². The lowest BCUT2D eigenvalue weighted by molar-refractivity contribution is 0.0676. The summed E-state index contributed by atoms with van der Waals surface area (Å²) >= 11 is 0. The van der Waals surface area contributed by atoms with Gasteiger partial charge in [0.1, 0.15) is 12.4 Å². The molecule has 1 aromatic carbocycles. The molecule has 5 nitrogen and oxygen atoms in total. The van der Waals surface area contributed by atoms with Gasteiger partial charge in [0.2, 0.25) is 0 Å². The van der Waals surface area contributed by atoms with Crippen molar-refractivity contribution in [2.24, 2.45) is 10.9 Å². The molecule has 138 valence electrons. The van der Waals surface area contributed by atoms with Crippen LogP contribution in [0.1, 0.15) is 44.2 Å². The van der Waals surface area contributed by atoms with Crippen molar-refractivity contribution in [1.29, 1.82) is 0 Å². The van der Waals surface area contributed by atoms with Crippen molar-refractivity contribution in [2.75, 3.05) is 19.8 Å². The molecule has 3 rings (SSSR count). The molecule has 0 aromatic heterocycles. The third-order valence-corrected chi connectivity index (χ3v) is 4.85. The van der Waals surface area contributed by atoms with Crippen molar-refractivity contribution >= 4 is 5.96 Å². The number of benzene rings is 1. The first kappa shape index (κ1) is 18.1. The SMILES string of the molecule is CCNC(=NCc1ccc(C)cc1OCC1CCCO1)NC1CC1C.